The average molecular weight is 313 g/mol. The second-order valence-corrected chi connectivity index (χ2v) is 5.26. The van der Waals surface area contributed by atoms with Crippen LogP contribution in [0.5, 0.6) is 0 Å². The van der Waals surface area contributed by atoms with E-state index in [0.29, 0.717) is 17.3 Å². The maximum atomic E-state index is 13.9. The molecule has 5 nitrogen and oxygen atoms in total. The van der Waals surface area contributed by atoms with Gasteiger partial charge in [0.15, 0.2) is 11.0 Å². The summed E-state index contributed by atoms with van der Waals surface area (Å²) in [5.74, 6) is -2.24. The lowest BCUT2D eigenvalue weighted by Gasteiger charge is -2.08. The van der Waals surface area contributed by atoms with Crippen LogP contribution in [0.15, 0.2) is 17.3 Å². The lowest BCUT2D eigenvalue weighted by Crippen LogP contribution is -2.04. The molecule has 0 atom stereocenters. The molecule has 1 N–H and O–H groups in total. The van der Waals surface area contributed by atoms with Crippen LogP contribution in [-0.4, -0.2) is 31.6 Å². The minimum atomic E-state index is -0.976. The van der Waals surface area contributed by atoms with Crippen molar-refractivity contribution >= 4 is 17.7 Å². The van der Waals surface area contributed by atoms with Gasteiger partial charge in [0.2, 0.25) is 0 Å². The van der Waals surface area contributed by atoms with Crippen molar-refractivity contribution in [1.82, 2.24) is 14.8 Å². The van der Waals surface area contributed by atoms with Crippen LogP contribution >= 0.6 is 11.8 Å². The number of carboxylic acid groups (broad SMARTS) is 1. The molecule has 2 rings (SSSR count). The molecule has 1 aromatic heterocycles. The minimum Gasteiger partial charge on any atom is -0.481 e. The summed E-state index contributed by atoms with van der Waals surface area (Å²) >= 11 is 1.00. The molecule has 0 saturated heterocycles. The maximum Gasteiger partial charge on any atom is 0.313 e. The summed E-state index contributed by atoms with van der Waals surface area (Å²) in [5.41, 5.74) is 0.446. The third-order valence-electron chi connectivity index (χ3n) is 2.85. The van der Waals surface area contributed by atoms with Gasteiger partial charge in [-0.3, -0.25) is 4.79 Å². The summed E-state index contributed by atoms with van der Waals surface area (Å²) < 4.78 is 28.9. The normalized spacial score (nSPS) is 10.9. The molecule has 0 spiro atoms. The number of benzene rings is 1. The van der Waals surface area contributed by atoms with Crippen LogP contribution in [0.3, 0.4) is 0 Å². The fourth-order valence-corrected chi connectivity index (χ4v) is 2.56. The zero-order chi connectivity index (χ0) is 15.6. The second kappa shape index (κ2) is 6.21. The molecular weight excluding hydrogens is 300 g/mol. The first-order chi connectivity index (χ1) is 9.93. The van der Waals surface area contributed by atoms with E-state index < -0.39 is 17.6 Å². The zero-order valence-corrected chi connectivity index (χ0v) is 12.2. The van der Waals surface area contributed by atoms with Gasteiger partial charge in [-0.05, 0) is 25.5 Å². The summed E-state index contributed by atoms with van der Waals surface area (Å²) in [4.78, 5) is 10.6. The summed E-state index contributed by atoms with van der Waals surface area (Å²) in [5, 5.41) is 16.9. The largest absolute Gasteiger partial charge is 0.481 e. The molecule has 0 unspecified atom stereocenters. The topological polar surface area (TPSA) is 68.0 Å². The Bertz CT molecular complexity index is 688. The highest BCUT2D eigenvalue weighted by Crippen LogP contribution is 2.27. The highest BCUT2D eigenvalue weighted by molar-refractivity contribution is 7.99. The lowest BCUT2D eigenvalue weighted by atomic mass is 10.1. The van der Waals surface area contributed by atoms with E-state index in [2.05, 4.69) is 10.2 Å². The molecule has 0 radical (unpaired) electrons. The van der Waals surface area contributed by atoms with E-state index in [9.17, 15) is 13.6 Å². The fourth-order valence-electron chi connectivity index (χ4n) is 1.83. The van der Waals surface area contributed by atoms with E-state index in [1.54, 1.807) is 4.57 Å². The Morgan fingerprint density at radius 2 is 2.05 bits per heavy atom. The number of carbonyl (C=O) groups is 1. The molecule has 0 saturated carbocycles. The molecule has 0 aliphatic carbocycles. The molecule has 0 aliphatic rings. The van der Waals surface area contributed by atoms with Gasteiger partial charge < -0.3 is 9.67 Å². The Morgan fingerprint density at radius 3 is 2.67 bits per heavy atom. The van der Waals surface area contributed by atoms with Crippen molar-refractivity contribution in [3.63, 3.8) is 0 Å². The Kier molecular flexibility index (Phi) is 4.56. The molecule has 21 heavy (non-hydrogen) atoms. The number of thioether (sulfide) groups is 1. The molecule has 8 heteroatoms. The van der Waals surface area contributed by atoms with Crippen molar-refractivity contribution in [2.45, 2.75) is 25.5 Å². The van der Waals surface area contributed by atoms with Gasteiger partial charge in [0, 0.05) is 12.6 Å². The lowest BCUT2D eigenvalue weighted by molar-refractivity contribution is -0.133. The van der Waals surface area contributed by atoms with Gasteiger partial charge in [-0.2, -0.15) is 0 Å². The number of hydrogen-bond donors (Lipinski definition) is 1. The zero-order valence-electron chi connectivity index (χ0n) is 11.4. The molecule has 0 aliphatic heterocycles. The van der Waals surface area contributed by atoms with E-state index in [0.717, 1.165) is 17.8 Å². The van der Waals surface area contributed by atoms with Gasteiger partial charge in [-0.1, -0.05) is 11.8 Å². The Balaban J connectivity index is 2.45. The van der Waals surface area contributed by atoms with Crippen LogP contribution in [-0.2, 0) is 11.3 Å². The number of hydrogen-bond acceptors (Lipinski definition) is 4. The average Bonchev–Trinajstić information content (AvgIpc) is 2.83. The number of aliphatic carboxylic acids is 1. The van der Waals surface area contributed by atoms with Gasteiger partial charge in [0.25, 0.3) is 0 Å². The van der Waals surface area contributed by atoms with E-state index in [-0.39, 0.29) is 17.1 Å². The van der Waals surface area contributed by atoms with E-state index in [1.807, 2.05) is 6.92 Å². The first-order valence-corrected chi connectivity index (χ1v) is 7.16. The predicted octanol–water partition coefficient (Wildman–Crippen LogP) is 2.73. The van der Waals surface area contributed by atoms with Crippen molar-refractivity contribution < 1.29 is 18.7 Å². The number of nitrogens with zero attached hydrogens (tertiary/aromatic N) is 3. The van der Waals surface area contributed by atoms with Crippen LogP contribution < -0.4 is 0 Å². The minimum absolute atomic E-state index is 0.144. The van der Waals surface area contributed by atoms with Gasteiger partial charge in [0.05, 0.1) is 11.3 Å². The molecule has 0 bridgehead atoms. The van der Waals surface area contributed by atoms with Gasteiger partial charge in [0.1, 0.15) is 11.6 Å². The van der Waals surface area contributed by atoms with Crippen molar-refractivity contribution in [2.75, 3.05) is 5.75 Å². The van der Waals surface area contributed by atoms with E-state index in [4.69, 9.17) is 5.11 Å². The predicted molar refractivity (Wildman–Crippen MR) is 74.1 cm³/mol. The molecule has 1 aromatic carbocycles. The molecule has 0 amide bonds. The third kappa shape index (κ3) is 3.21. The van der Waals surface area contributed by atoms with Crippen LogP contribution in [0.2, 0.25) is 0 Å². The Labute approximate surface area is 124 Å². The standard InChI is InChI=1S/C13H13F2N3O2S/c1-3-18-12(16-17-13(18)21-6-11(19)20)8-4-7(2)9(14)5-10(8)15/h4-5H,3,6H2,1-2H3,(H,19,20). The van der Waals surface area contributed by atoms with Crippen LogP contribution in [0.4, 0.5) is 8.78 Å². The summed E-state index contributed by atoms with van der Waals surface area (Å²) in [6.45, 7) is 3.79. The van der Waals surface area contributed by atoms with Crippen molar-refractivity contribution in [1.29, 1.82) is 0 Å². The van der Waals surface area contributed by atoms with Crippen molar-refractivity contribution in [2.24, 2.45) is 0 Å². The quantitative estimate of drug-likeness (QED) is 0.860. The highest BCUT2D eigenvalue weighted by Gasteiger charge is 2.18. The van der Waals surface area contributed by atoms with Crippen molar-refractivity contribution in [3.05, 3.63) is 29.3 Å². The van der Waals surface area contributed by atoms with E-state index in [1.165, 1.54) is 13.0 Å². The van der Waals surface area contributed by atoms with Gasteiger partial charge in [-0.15, -0.1) is 10.2 Å². The molecule has 0 fully saturated rings. The van der Waals surface area contributed by atoms with E-state index >= 15 is 0 Å². The number of rotatable bonds is 5. The molecule has 112 valence electrons. The SMILES string of the molecule is CCn1c(SCC(=O)O)nnc1-c1cc(C)c(F)cc1F. The maximum absolute atomic E-state index is 13.9. The Hall–Kier alpha value is -1.96. The molecule has 2 aromatic rings. The molecular formula is C13H13F2N3O2S. The van der Waals surface area contributed by atoms with Crippen molar-refractivity contribution in [3.8, 4) is 11.4 Å². The fraction of sp³-hybridized carbons (Fsp3) is 0.308. The second-order valence-electron chi connectivity index (χ2n) is 4.31. The number of carboxylic acids is 1. The first kappa shape index (κ1) is 15.4. The van der Waals surface area contributed by atoms with Crippen LogP contribution in [0.25, 0.3) is 11.4 Å². The van der Waals surface area contributed by atoms with Crippen LogP contribution in [0.1, 0.15) is 12.5 Å². The first-order valence-electron chi connectivity index (χ1n) is 6.17. The van der Waals surface area contributed by atoms with Crippen LogP contribution in [0, 0.1) is 18.6 Å². The smallest absolute Gasteiger partial charge is 0.313 e. The monoisotopic (exact) mass is 313 g/mol. The number of halogens is 2. The van der Waals surface area contributed by atoms with Gasteiger partial charge in [-0.25, -0.2) is 8.78 Å². The summed E-state index contributed by atoms with van der Waals surface area (Å²) in [7, 11) is 0. The summed E-state index contributed by atoms with van der Waals surface area (Å²) in [6, 6.07) is 2.18. The Morgan fingerprint density at radius 1 is 1.33 bits per heavy atom. The molecule has 1 heterocycles. The highest BCUT2D eigenvalue weighted by atomic mass is 32.2. The number of aromatic nitrogens is 3. The van der Waals surface area contributed by atoms with Gasteiger partial charge >= 0.3 is 5.97 Å². The third-order valence-corrected chi connectivity index (χ3v) is 3.80. The summed E-state index contributed by atoms with van der Waals surface area (Å²) in [6.07, 6.45) is 0. The number of aryl methyl sites for hydroxylation is 1.